The highest BCUT2D eigenvalue weighted by Crippen LogP contribution is 2.41. The van der Waals surface area contributed by atoms with Crippen molar-refractivity contribution in [1.82, 2.24) is 0 Å². The molecule has 0 aliphatic heterocycles. The van der Waals surface area contributed by atoms with Crippen molar-refractivity contribution in [3.63, 3.8) is 0 Å². The Hall–Kier alpha value is -0.570. The van der Waals surface area contributed by atoms with Gasteiger partial charge in [0.2, 0.25) is 5.91 Å². The number of carbonyl (C=O) groups excluding carboxylic acids is 1. The summed E-state index contributed by atoms with van der Waals surface area (Å²) >= 11 is 0. The lowest BCUT2D eigenvalue weighted by Crippen LogP contribution is -2.53. The van der Waals surface area contributed by atoms with Crippen molar-refractivity contribution < 1.29 is 9.90 Å². The zero-order valence-electron chi connectivity index (χ0n) is 8.47. The van der Waals surface area contributed by atoms with Crippen molar-refractivity contribution in [2.75, 3.05) is 0 Å². The molecule has 1 saturated carbocycles. The minimum Gasteiger partial charge on any atom is -0.389 e. The van der Waals surface area contributed by atoms with Crippen molar-refractivity contribution in [3.8, 4) is 0 Å². The quantitative estimate of drug-likeness (QED) is 0.678. The monoisotopic (exact) mass is 185 g/mol. The van der Waals surface area contributed by atoms with E-state index in [2.05, 4.69) is 0 Å². The molecule has 13 heavy (non-hydrogen) atoms. The van der Waals surface area contributed by atoms with E-state index in [0.29, 0.717) is 12.8 Å². The van der Waals surface area contributed by atoms with Gasteiger partial charge in [-0.1, -0.05) is 19.3 Å². The molecule has 0 heterocycles. The van der Waals surface area contributed by atoms with Crippen LogP contribution in [0.2, 0.25) is 0 Å². The minimum atomic E-state index is -0.878. The smallest absolute Gasteiger partial charge is 0.225 e. The molecular weight excluding hydrogens is 166 g/mol. The van der Waals surface area contributed by atoms with Crippen LogP contribution in [0.5, 0.6) is 0 Å². The molecule has 0 radical (unpaired) electrons. The molecule has 1 fully saturated rings. The van der Waals surface area contributed by atoms with Crippen LogP contribution in [0, 0.1) is 5.41 Å². The third kappa shape index (κ3) is 1.70. The predicted octanol–water partition coefficient (Wildman–Crippen LogP) is 1.19. The summed E-state index contributed by atoms with van der Waals surface area (Å²) in [6.07, 6.45) is 4.53. The van der Waals surface area contributed by atoms with Crippen molar-refractivity contribution in [3.05, 3.63) is 0 Å². The molecule has 3 heteroatoms. The number of carbonyl (C=O) groups is 1. The van der Waals surface area contributed by atoms with Crippen LogP contribution in [0.15, 0.2) is 0 Å². The molecule has 0 unspecified atom stereocenters. The number of nitrogens with two attached hydrogens (primary N) is 1. The van der Waals surface area contributed by atoms with Gasteiger partial charge in [0, 0.05) is 0 Å². The Labute approximate surface area is 79.3 Å². The summed E-state index contributed by atoms with van der Waals surface area (Å²) in [5, 5.41) is 10.3. The highest BCUT2D eigenvalue weighted by atomic mass is 16.3. The van der Waals surface area contributed by atoms with Gasteiger partial charge in [-0.2, -0.15) is 0 Å². The topological polar surface area (TPSA) is 63.3 Å². The van der Waals surface area contributed by atoms with Crippen LogP contribution in [-0.4, -0.2) is 16.6 Å². The standard InChI is InChI=1S/C10H19NO2/c1-9(2,8(11)12)10(13)6-4-3-5-7-10/h13H,3-7H2,1-2H3,(H2,11,12). The van der Waals surface area contributed by atoms with Crippen LogP contribution in [0.3, 0.4) is 0 Å². The van der Waals surface area contributed by atoms with E-state index in [1.165, 1.54) is 0 Å². The molecule has 0 spiro atoms. The van der Waals surface area contributed by atoms with Crippen molar-refractivity contribution >= 4 is 5.91 Å². The average Bonchev–Trinajstić information content (AvgIpc) is 2.05. The van der Waals surface area contributed by atoms with Gasteiger partial charge >= 0.3 is 0 Å². The van der Waals surface area contributed by atoms with Gasteiger partial charge in [0.25, 0.3) is 0 Å². The maximum absolute atomic E-state index is 11.2. The minimum absolute atomic E-state index is 0.406. The fourth-order valence-electron chi connectivity index (χ4n) is 1.99. The Morgan fingerprint density at radius 1 is 1.31 bits per heavy atom. The summed E-state index contributed by atoms with van der Waals surface area (Å²) in [5.41, 5.74) is 3.61. The molecule has 0 aromatic carbocycles. The van der Waals surface area contributed by atoms with Gasteiger partial charge < -0.3 is 10.8 Å². The zero-order chi connectivity index (χ0) is 10.1. The normalized spacial score (nSPS) is 22.7. The molecule has 0 aromatic rings. The van der Waals surface area contributed by atoms with E-state index in [1.807, 2.05) is 0 Å². The fraction of sp³-hybridized carbons (Fsp3) is 0.900. The van der Waals surface area contributed by atoms with Crippen LogP contribution in [0.25, 0.3) is 0 Å². The van der Waals surface area contributed by atoms with Crippen molar-refractivity contribution in [2.45, 2.75) is 51.6 Å². The summed E-state index contributed by atoms with van der Waals surface area (Å²) in [7, 11) is 0. The molecule has 0 atom stereocenters. The first-order chi connectivity index (χ1) is 5.90. The van der Waals surface area contributed by atoms with E-state index in [0.717, 1.165) is 19.3 Å². The largest absolute Gasteiger partial charge is 0.389 e. The Bertz CT molecular complexity index is 205. The molecule has 3 nitrogen and oxygen atoms in total. The van der Waals surface area contributed by atoms with E-state index >= 15 is 0 Å². The number of rotatable bonds is 2. The molecular formula is C10H19NO2. The van der Waals surface area contributed by atoms with Crippen LogP contribution in [0.1, 0.15) is 46.0 Å². The van der Waals surface area contributed by atoms with E-state index in [1.54, 1.807) is 13.8 Å². The first-order valence-corrected chi connectivity index (χ1v) is 4.92. The highest BCUT2D eigenvalue weighted by molar-refractivity contribution is 5.81. The van der Waals surface area contributed by atoms with Gasteiger partial charge in [-0.25, -0.2) is 0 Å². The van der Waals surface area contributed by atoms with E-state index in [9.17, 15) is 9.90 Å². The molecule has 76 valence electrons. The van der Waals surface area contributed by atoms with Gasteiger partial charge in [-0.05, 0) is 26.7 Å². The molecule has 1 rings (SSSR count). The number of amides is 1. The predicted molar refractivity (Wildman–Crippen MR) is 51.0 cm³/mol. The summed E-state index contributed by atoms with van der Waals surface area (Å²) in [4.78, 5) is 11.2. The highest BCUT2D eigenvalue weighted by Gasteiger charge is 2.47. The Morgan fingerprint density at radius 2 is 1.77 bits per heavy atom. The number of aliphatic hydroxyl groups is 1. The second kappa shape index (κ2) is 3.29. The van der Waals surface area contributed by atoms with Crippen LogP contribution in [0.4, 0.5) is 0 Å². The maximum atomic E-state index is 11.2. The second-order valence-corrected chi connectivity index (χ2v) is 4.58. The fourth-order valence-corrected chi connectivity index (χ4v) is 1.99. The SMILES string of the molecule is CC(C)(C(N)=O)C1(O)CCCCC1. The third-order valence-electron chi connectivity index (χ3n) is 3.46. The Kier molecular flexibility index (Phi) is 2.66. The van der Waals surface area contributed by atoms with Gasteiger partial charge in [0.05, 0.1) is 11.0 Å². The Balaban J connectivity index is 2.82. The summed E-state index contributed by atoms with van der Waals surface area (Å²) in [6, 6.07) is 0. The van der Waals surface area contributed by atoms with Crippen LogP contribution < -0.4 is 5.73 Å². The first-order valence-electron chi connectivity index (χ1n) is 4.92. The Morgan fingerprint density at radius 3 is 2.15 bits per heavy atom. The summed E-state index contributed by atoms with van der Waals surface area (Å²) < 4.78 is 0. The van der Waals surface area contributed by atoms with Gasteiger partial charge in [-0.3, -0.25) is 4.79 Å². The first kappa shape index (κ1) is 10.5. The van der Waals surface area contributed by atoms with Gasteiger partial charge in [0.1, 0.15) is 0 Å². The molecule has 0 bridgehead atoms. The third-order valence-corrected chi connectivity index (χ3v) is 3.46. The number of hydrogen-bond acceptors (Lipinski definition) is 2. The summed E-state index contributed by atoms with van der Waals surface area (Å²) in [6.45, 7) is 3.47. The maximum Gasteiger partial charge on any atom is 0.225 e. The van der Waals surface area contributed by atoms with E-state index in [4.69, 9.17) is 5.73 Å². The molecule has 1 aliphatic rings. The lowest BCUT2D eigenvalue weighted by atomic mass is 9.67. The zero-order valence-corrected chi connectivity index (χ0v) is 8.47. The average molecular weight is 185 g/mol. The summed E-state index contributed by atoms with van der Waals surface area (Å²) in [5.74, 6) is -0.406. The van der Waals surface area contributed by atoms with Gasteiger partial charge in [0.15, 0.2) is 0 Å². The van der Waals surface area contributed by atoms with Gasteiger partial charge in [-0.15, -0.1) is 0 Å². The van der Waals surface area contributed by atoms with E-state index < -0.39 is 16.9 Å². The second-order valence-electron chi connectivity index (χ2n) is 4.58. The molecule has 3 N–H and O–H groups in total. The van der Waals surface area contributed by atoms with Crippen molar-refractivity contribution in [2.24, 2.45) is 11.1 Å². The lowest BCUT2D eigenvalue weighted by Gasteiger charge is -2.43. The molecule has 1 amide bonds. The van der Waals surface area contributed by atoms with Crippen LogP contribution >= 0.6 is 0 Å². The number of hydrogen-bond donors (Lipinski definition) is 2. The molecule has 0 saturated heterocycles. The van der Waals surface area contributed by atoms with Crippen molar-refractivity contribution in [1.29, 1.82) is 0 Å². The van der Waals surface area contributed by atoms with Crippen LogP contribution in [-0.2, 0) is 4.79 Å². The lowest BCUT2D eigenvalue weighted by molar-refractivity contribution is -0.148. The van der Waals surface area contributed by atoms with E-state index in [-0.39, 0.29) is 0 Å². The molecule has 0 aromatic heterocycles. The molecule has 1 aliphatic carbocycles. The number of primary amides is 1.